The van der Waals surface area contributed by atoms with Crippen LogP contribution in [0.3, 0.4) is 0 Å². The maximum atomic E-state index is 11.0. The van der Waals surface area contributed by atoms with Crippen LogP contribution in [0.15, 0.2) is 0 Å². The SMILES string of the molecule is CCCCOCCOCCOCCSC(C)CC(=O)OC. The van der Waals surface area contributed by atoms with Gasteiger partial charge in [-0.05, 0) is 6.42 Å². The number of unbranched alkanes of at least 4 members (excludes halogenated alkanes) is 1. The second kappa shape index (κ2) is 16.1. The molecule has 0 heterocycles. The number of thioether (sulfide) groups is 1. The van der Waals surface area contributed by atoms with E-state index in [1.54, 1.807) is 11.8 Å². The minimum Gasteiger partial charge on any atom is -0.469 e. The van der Waals surface area contributed by atoms with E-state index in [1.807, 2.05) is 6.92 Å². The molecule has 0 aromatic rings. The number of carbonyl (C=O) groups excluding carboxylic acids is 1. The predicted molar refractivity (Wildman–Crippen MR) is 85.9 cm³/mol. The van der Waals surface area contributed by atoms with Gasteiger partial charge in [-0.15, -0.1) is 0 Å². The molecule has 21 heavy (non-hydrogen) atoms. The third-order valence-electron chi connectivity index (χ3n) is 2.70. The normalized spacial score (nSPS) is 12.3. The summed E-state index contributed by atoms with van der Waals surface area (Å²) in [7, 11) is 1.41. The van der Waals surface area contributed by atoms with Crippen molar-refractivity contribution in [1.82, 2.24) is 0 Å². The van der Waals surface area contributed by atoms with E-state index in [9.17, 15) is 4.79 Å². The largest absolute Gasteiger partial charge is 0.469 e. The van der Waals surface area contributed by atoms with Gasteiger partial charge in [-0.1, -0.05) is 20.3 Å². The molecule has 0 bridgehead atoms. The van der Waals surface area contributed by atoms with Crippen molar-refractivity contribution < 1.29 is 23.7 Å². The molecule has 0 N–H and O–H groups in total. The van der Waals surface area contributed by atoms with Crippen LogP contribution >= 0.6 is 11.8 Å². The lowest BCUT2D eigenvalue weighted by atomic mass is 10.3. The van der Waals surface area contributed by atoms with Crippen LogP contribution in [-0.4, -0.2) is 63.7 Å². The van der Waals surface area contributed by atoms with Crippen molar-refractivity contribution in [3.63, 3.8) is 0 Å². The highest BCUT2D eigenvalue weighted by atomic mass is 32.2. The summed E-state index contributed by atoms with van der Waals surface area (Å²) in [6, 6.07) is 0. The number of hydrogen-bond acceptors (Lipinski definition) is 6. The van der Waals surface area contributed by atoms with Gasteiger partial charge in [-0.3, -0.25) is 4.79 Å². The highest BCUT2D eigenvalue weighted by Gasteiger charge is 2.08. The molecule has 1 unspecified atom stereocenters. The molecular formula is C15H30O5S. The molecule has 126 valence electrons. The van der Waals surface area contributed by atoms with E-state index in [4.69, 9.17) is 14.2 Å². The molecule has 0 rings (SSSR count). The number of methoxy groups -OCH3 is 1. The van der Waals surface area contributed by atoms with Crippen LogP contribution in [0, 0.1) is 0 Å². The summed E-state index contributed by atoms with van der Waals surface area (Å²) >= 11 is 1.71. The Morgan fingerprint density at radius 3 is 2.14 bits per heavy atom. The fourth-order valence-electron chi connectivity index (χ4n) is 1.47. The molecule has 0 fully saturated rings. The van der Waals surface area contributed by atoms with Gasteiger partial charge < -0.3 is 18.9 Å². The molecule has 5 nitrogen and oxygen atoms in total. The predicted octanol–water partition coefficient (Wildman–Crippen LogP) is 2.52. The first-order valence-corrected chi connectivity index (χ1v) is 8.67. The molecule has 0 aromatic carbocycles. The number of ether oxygens (including phenoxy) is 4. The number of hydrogen-bond donors (Lipinski definition) is 0. The van der Waals surface area contributed by atoms with Gasteiger partial charge in [0, 0.05) is 17.6 Å². The van der Waals surface area contributed by atoms with Gasteiger partial charge >= 0.3 is 5.97 Å². The van der Waals surface area contributed by atoms with Gasteiger partial charge in [0.05, 0.1) is 46.6 Å². The van der Waals surface area contributed by atoms with E-state index in [1.165, 1.54) is 7.11 Å². The lowest BCUT2D eigenvalue weighted by Gasteiger charge is -2.10. The number of carbonyl (C=O) groups is 1. The molecule has 0 spiro atoms. The molecule has 0 aromatic heterocycles. The Kier molecular flexibility index (Phi) is 15.8. The van der Waals surface area contributed by atoms with Crippen LogP contribution in [0.5, 0.6) is 0 Å². The Hall–Kier alpha value is -0.300. The minimum atomic E-state index is -0.162. The number of rotatable bonds is 15. The molecule has 0 radical (unpaired) electrons. The molecule has 6 heteroatoms. The van der Waals surface area contributed by atoms with Crippen LogP contribution < -0.4 is 0 Å². The van der Waals surface area contributed by atoms with Crippen LogP contribution in [-0.2, 0) is 23.7 Å². The first-order chi connectivity index (χ1) is 10.2. The van der Waals surface area contributed by atoms with Crippen LogP contribution in [0.4, 0.5) is 0 Å². The average molecular weight is 322 g/mol. The first-order valence-electron chi connectivity index (χ1n) is 7.62. The lowest BCUT2D eigenvalue weighted by Crippen LogP contribution is -2.12. The Labute approximate surface area is 133 Å². The summed E-state index contributed by atoms with van der Waals surface area (Å²) in [6.07, 6.45) is 2.71. The Balaban J connectivity index is 3.13. The van der Waals surface area contributed by atoms with Crippen molar-refractivity contribution in [2.75, 3.05) is 52.5 Å². The van der Waals surface area contributed by atoms with Gasteiger partial charge in [0.25, 0.3) is 0 Å². The highest BCUT2D eigenvalue weighted by Crippen LogP contribution is 2.13. The minimum absolute atomic E-state index is 0.162. The summed E-state index contributed by atoms with van der Waals surface area (Å²) in [5.74, 6) is 0.712. The standard InChI is InChI=1S/C15H30O5S/c1-4-5-6-18-7-8-19-9-10-20-11-12-21-14(2)13-15(16)17-3/h14H,4-13H2,1-3H3. The van der Waals surface area contributed by atoms with E-state index < -0.39 is 0 Å². The Morgan fingerprint density at radius 1 is 1.00 bits per heavy atom. The summed E-state index contributed by atoms with van der Waals surface area (Å²) in [4.78, 5) is 11.0. The summed E-state index contributed by atoms with van der Waals surface area (Å²) in [5.41, 5.74) is 0. The molecule has 1 atom stereocenters. The van der Waals surface area contributed by atoms with Crippen molar-refractivity contribution in [1.29, 1.82) is 0 Å². The molecule has 0 amide bonds. The molecule has 0 saturated carbocycles. The van der Waals surface area contributed by atoms with Crippen LogP contribution in [0.1, 0.15) is 33.1 Å². The van der Waals surface area contributed by atoms with Gasteiger partial charge in [0.2, 0.25) is 0 Å². The van der Waals surface area contributed by atoms with Crippen LogP contribution in [0.25, 0.3) is 0 Å². The van der Waals surface area contributed by atoms with Gasteiger partial charge in [-0.25, -0.2) is 0 Å². The molecule has 0 aliphatic heterocycles. The van der Waals surface area contributed by atoms with Gasteiger partial charge in [-0.2, -0.15) is 11.8 Å². The fourth-order valence-corrected chi connectivity index (χ4v) is 2.34. The first kappa shape index (κ1) is 20.7. The zero-order valence-corrected chi connectivity index (χ0v) is 14.4. The maximum Gasteiger partial charge on any atom is 0.306 e. The van der Waals surface area contributed by atoms with Crippen molar-refractivity contribution in [2.45, 2.75) is 38.4 Å². The van der Waals surface area contributed by atoms with E-state index in [0.29, 0.717) is 39.5 Å². The van der Waals surface area contributed by atoms with E-state index in [2.05, 4.69) is 11.7 Å². The molecule has 0 saturated heterocycles. The summed E-state index contributed by atoms with van der Waals surface area (Å²) in [6.45, 7) is 8.12. The van der Waals surface area contributed by atoms with Gasteiger partial charge in [0.15, 0.2) is 0 Å². The monoisotopic (exact) mass is 322 g/mol. The Bertz CT molecular complexity index is 238. The molecule has 0 aliphatic carbocycles. The lowest BCUT2D eigenvalue weighted by molar-refractivity contribution is -0.140. The Morgan fingerprint density at radius 2 is 1.57 bits per heavy atom. The van der Waals surface area contributed by atoms with Crippen LogP contribution in [0.2, 0.25) is 0 Å². The van der Waals surface area contributed by atoms with Crippen molar-refractivity contribution >= 4 is 17.7 Å². The van der Waals surface area contributed by atoms with E-state index >= 15 is 0 Å². The summed E-state index contributed by atoms with van der Waals surface area (Å²) < 4.78 is 20.9. The van der Waals surface area contributed by atoms with E-state index in [0.717, 1.165) is 25.2 Å². The third-order valence-corrected chi connectivity index (χ3v) is 3.84. The smallest absolute Gasteiger partial charge is 0.306 e. The zero-order chi connectivity index (χ0) is 15.8. The third kappa shape index (κ3) is 15.9. The highest BCUT2D eigenvalue weighted by molar-refractivity contribution is 7.99. The maximum absolute atomic E-state index is 11.0. The second-order valence-corrected chi connectivity index (χ2v) is 6.20. The van der Waals surface area contributed by atoms with E-state index in [-0.39, 0.29) is 11.2 Å². The van der Waals surface area contributed by atoms with Crippen molar-refractivity contribution in [3.05, 3.63) is 0 Å². The average Bonchev–Trinajstić information content (AvgIpc) is 2.48. The number of esters is 1. The fraction of sp³-hybridized carbons (Fsp3) is 0.933. The quantitative estimate of drug-likeness (QED) is 0.341. The van der Waals surface area contributed by atoms with Crippen molar-refractivity contribution in [3.8, 4) is 0 Å². The second-order valence-electron chi connectivity index (χ2n) is 4.65. The van der Waals surface area contributed by atoms with Gasteiger partial charge in [0.1, 0.15) is 0 Å². The molecular weight excluding hydrogens is 292 g/mol. The van der Waals surface area contributed by atoms with Crippen molar-refractivity contribution in [2.24, 2.45) is 0 Å². The topological polar surface area (TPSA) is 54.0 Å². The molecule has 0 aliphatic rings. The zero-order valence-electron chi connectivity index (χ0n) is 13.6. The summed E-state index contributed by atoms with van der Waals surface area (Å²) in [5, 5.41) is 0.262.